The number of aliphatic hydroxyl groups excluding tert-OH is 1. The molecule has 61 heavy (non-hydrogen) atoms. The van der Waals surface area contributed by atoms with Crippen LogP contribution in [0.25, 0.3) is 11.4 Å². The molecule has 1 unspecified atom stereocenters. The number of aryl methyl sites for hydroxylation is 1. The van der Waals surface area contributed by atoms with Gasteiger partial charge in [0, 0.05) is 43.5 Å². The number of hydrogen-bond acceptors (Lipinski definition) is 16. The van der Waals surface area contributed by atoms with Crippen molar-refractivity contribution in [1.29, 1.82) is 0 Å². The average Bonchev–Trinajstić information content (AvgIpc) is 3.81. The number of rotatable bonds is 12. The summed E-state index contributed by atoms with van der Waals surface area (Å²) in [6.07, 6.45) is -3.58. The van der Waals surface area contributed by atoms with Crippen molar-refractivity contribution in [2.45, 2.75) is 148 Å². The van der Waals surface area contributed by atoms with Crippen molar-refractivity contribution in [3.8, 4) is 17.1 Å². The number of hydrazine groups is 1. The number of aliphatic hydroxyl groups is 1. The fraction of sp³-hybridized carbons (Fsp3) is 0.721. The zero-order valence-corrected chi connectivity index (χ0v) is 37.6. The summed E-state index contributed by atoms with van der Waals surface area (Å²) in [4.78, 5) is 62.7. The van der Waals surface area contributed by atoms with Crippen molar-refractivity contribution in [2.24, 2.45) is 17.8 Å². The molecule has 3 N–H and O–H groups in total. The van der Waals surface area contributed by atoms with Crippen molar-refractivity contribution < 1.29 is 57.2 Å². The van der Waals surface area contributed by atoms with Crippen LogP contribution in [-0.2, 0) is 44.5 Å². The van der Waals surface area contributed by atoms with E-state index in [1.807, 2.05) is 50.2 Å². The summed E-state index contributed by atoms with van der Waals surface area (Å²) in [5.41, 5.74) is 1.17. The van der Waals surface area contributed by atoms with E-state index in [1.54, 1.807) is 48.7 Å². The third-order valence-electron chi connectivity index (χ3n) is 12.6. The van der Waals surface area contributed by atoms with E-state index in [4.69, 9.17) is 32.9 Å². The number of ketones is 1. The second-order valence-electron chi connectivity index (χ2n) is 17.4. The topological polar surface area (TPSA) is 213 Å². The average molecular weight is 859 g/mol. The smallest absolute Gasteiger partial charge is 0.425 e. The number of benzene rings is 1. The molecule has 340 valence electrons. The SMILES string of the molecule is CC[C@H]1OC(=O)[C@H](C)C(=O)[C@H](C)[C@H](O[C@@H]2O[C@H](C)C[C@H](N(C)C)[C@H]2O)[C@@](C)(OC)C[C@@H](C)C(=O)NC(C)[C@H]2N(NCCCc3nc(-c4ccc(OC)cc4)no3)C(=O)O[C@]12C. The molecule has 3 aliphatic heterocycles. The maximum absolute atomic E-state index is 14.4. The number of hydrogen-bond donors (Lipinski definition) is 3. The Hall–Kier alpha value is -4.20. The molecule has 3 saturated heterocycles. The maximum atomic E-state index is 14.4. The lowest BCUT2D eigenvalue weighted by Crippen LogP contribution is -2.63. The van der Waals surface area contributed by atoms with Gasteiger partial charge in [-0.2, -0.15) is 4.98 Å². The molecular weight excluding hydrogens is 793 g/mol. The fourth-order valence-electron chi connectivity index (χ4n) is 9.02. The Kier molecular flexibility index (Phi) is 15.6. The monoisotopic (exact) mass is 858 g/mol. The first-order valence-corrected chi connectivity index (χ1v) is 21.3. The molecule has 1 aromatic heterocycles. The molecule has 4 heterocycles. The highest BCUT2D eigenvalue weighted by atomic mass is 16.7. The van der Waals surface area contributed by atoms with Gasteiger partial charge in [-0.25, -0.2) is 15.2 Å². The Bertz CT molecular complexity index is 1830. The van der Waals surface area contributed by atoms with Crippen LogP contribution in [0.5, 0.6) is 5.75 Å². The van der Waals surface area contributed by atoms with Crippen LogP contribution in [0, 0.1) is 17.8 Å². The van der Waals surface area contributed by atoms with Gasteiger partial charge >= 0.3 is 12.1 Å². The Morgan fingerprint density at radius 2 is 1.74 bits per heavy atom. The zero-order valence-electron chi connectivity index (χ0n) is 37.6. The molecule has 0 aliphatic carbocycles. The first kappa shape index (κ1) is 47.8. The Labute approximate surface area is 358 Å². The molecule has 13 atom stereocenters. The number of carbonyl (C=O) groups excluding carboxylic acids is 4. The van der Waals surface area contributed by atoms with Gasteiger partial charge in [0.25, 0.3) is 0 Å². The van der Waals surface area contributed by atoms with Crippen LogP contribution in [0.3, 0.4) is 0 Å². The van der Waals surface area contributed by atoms with E-state index >= 15 is 0 Å². The third kappa shape index (κ3) is 10.4. The normalized spacial score (nSPS) is 35.5. The number of likely N-dealkylation sites (N-methyl/N-ethyl adjacent to an activating group) is 1. The number of aromatic nitrogens is 2. The molecule has 0 bridgehead atoms. The maximum Gasteiger partial charge on any atom is 0.425 e. The summed E-state index contributed by atoms with van der Waals surface area (Å²) < 4.78 is 41.7. The van der Waals surface area contributed by atoms with Gasteiger partial charge in [-0.05, 0) is 98.7 Å². The number of nitrogens with zero attached hydrogens (tertiary/aromatic N) is 4. The first-order valence-electron chi connectivity index (χ1n) is 21.3. The van der Waals surface area contributed by atoms with E-state index in [1.165, 1.54) is 19.0 Å². The third-order valence-corrected chi connectivity index (χ3v) is 12.6. The molecule has 18 nitrogen and oxygen atoms in total. The second-order valence-corrected chi connectivity index (χ2v) is 17.4. The minimum atomic E-state index is -1.47. The van der Waals surface area contributed by atoms with Crippen molar-refractivity contribution in [3.05, 3.63) is 30.2 Å². The lowest BCUT2D eigenvalue weighted by Gasteiger charge is -2.46. The highest BCUT2D eigenvalue weighted by Crippen LogP contribution is 2.39. The summed E-state index contributed by atoms with van der Waals surface area (Å²) in [5, 5.41) is 19.9. The number of carbonyl (C=O) groups is 4. The van der Waals surface area contributed by atoms with E-state index in [0.717, 1.165) is 5.56 Å². The number of ether oxygens (including phenoxy) is 6. The lowest BCUT2D eigenvalue weighted by molar-refractivity contribution is -0.295. The Morgan fingerprint density at radius 3 is 2.36 bits per heavy atom. The van der Waals surface area contributed by atoms with E-state index in [0.29, 0.717) is 36.7 Å². The van der Waals surface area contributed by atoms with E-state index < -0.39 is 83.5 Å². The van der Waals surface area contributed by atoms with Gasteiger partial charge in [0.2, 0.25) is 17.6 Å². The standard InChI is InChI=1S/C43H66N6O12/c1-13-31-43(8)35(49(41(54)60-43)44-20-14-15-32-46-37(47-61-32)28-16-18-29(55-11)19-17-28)27(6)45-38(52)23(2)22-42(7,56-12)36(25(4)33(50)26(5)39(53)58-31)59-40-34(51)30(48(9)10)21-24(3)57-40/h16-19,23-27,30-31,34-36,40,44,51H,13-15,20-22H2,1-12H3,(H,45,52)/t23-,24-,25+,26-,27?,30+,31-,34-,35-,36+,40+,42+,43-/m1/s1. The highest BCUT2D eigenvalue weighted by molar-refractivity contribution is 6.00. The van der Waals surface area contributed by atoms with E-state index in [9.17, 15) is 24.3 Å². The summed E-state index contributed by atoms with van der Waals surface area (Å²) in [7, 11) is 6.78. The van der Waals surface area contributed by atoms with Gasteiger partial charge in [-0.1, -0.05) is 25.9 Å². The van der Waals surface area contributed by atoms with Gasteiger partial charge < -0.3 is 48.3 Å². The van der Waals surface area contributed by atoms with Gasteiger partial charge in [0.1, 0.15) is 29.9 Å². The van der Waals surface area contributed by atoms with Gasteiger partial charge in [0.15, 0.2) is 17.7 Å². The number of amides is 2. The van der Waals surface area contributed by atoms with Crippen LogP contribution >= 0.6 is 0 Å². The number of cyclic esters (lactones) is 1. The number of fused-ring (bicyclic) bond motifs is 1. The molecule has 3 fully saturated rings. The van der Waals surface area contributed by atoms with Gasteiger partial charge in [-0.15, -0.1) is 0 Å². The molecule has 5 rings (SSSR count). The highest BCUT2D eigenvalue weighted by Gasteiger charge is 2.59. The summed E-state index contributed by atoms with van der Waals surface area (Å²) in [5.74, 6) is -3.10. The number of esters is 1. The summed E-state index contributed by atoms with van der Waals surface area (Å²) in [6.45, 7) is 14.0. The lowest BCUT2D eigenvalue weighted by atomic mass is 9.78. The largest absolute Gasteiger partial charge is 0.497 e. The summed E-state index contributed by atoms with van der Waals surface area (Å²) >= 11 is 0. The predicted molar refractivity (Wildman–Crippen MR) is 221 cm³/mol. The van der Waals surface area contributed by atoms with Crippen LogP contribution in [0.4, 0.5) is 4.79 Å². The van der Waals surface area contributed by atoms with Gasteiger partial charge in [0.05, 0.1) is 31.0 Å². The number of Topliss-reactive ketones (excluding diaryl/α,β-unsaturated/α-hetero) is 1. The van der Waals surface area contributed by atoms with Crippen molar-refractivity contribution in [2.75, 3.05) is 34.9 Å². The fourth-order valence-corrected chi connectivity index (χ4v) is 9.02. The van der Waals surface area contributed by atoms with Crippen LogP contribution in [0.2, 0.25) is 0 Å². The summed E-state index contributed by atoms with van der Waals surface area (Å²) in [6, 6.07) is 5.37. The van der Waals surface area contributed by atoms with Crippen LogP contribution < -0.4 is 15.5 Å². The molecule has 18 heteroatoms. The molecule has 0 spiro atoms. The minimum Gasteiger partial charge on any atom is -0.497 e. The number of methoxy groups -OCH3 is 2. The number of nitrogens with one attached hydrogen (secondary N) is 2. The van der Waals surface area contributed by atoms with Crippen LogP contribution in [-0.4, -0.2) is 144 Å². The second kappa shape index (κ2) is 19.9. The van der Waals surface area contributed by atoms with Gasteiger partial charge in [-0.3, -0.25) is 14.4 Å². The Morgan fingerprint density at radius 1 is 1.05 bits per heavy atom. The Balaban J connectivity index is 1.39. The molecule has 0 saturated carbocycles. The van der Waals surface area contributed by atoms with E-state index in [2.05, 4.69) is 20.9 Å². The zero-order chi connectivity index (χ0) is 45.0. The van der Waals surface area contributed by atoms with Crippen molar-refractivity contribution >= 4 is 23.8 Å². The minimum absolute atomic E-state index is 0.0748. The van der Waals surface area contributed by atoms with Crippen molar-refractivity contribution in [1.82, 2.24) is 30.8 Å². The predicted octanol–water partition coefficient (Wildman–Crippen LogP) is 3.69. The molecule has 2 aromatic rings. The molecule has 3 aliphatic rings. The molecular formula is C43H66N6O12. The van der Waals surface area contributed by atoms with Crippen LogP contribution in [0.1, 0.15) is 87.0 Å². The van der Waals surface area contributed by atoms with Crippen LogP contribution in [0.15, 0.2) is 28.8 Å². The molecule has 2 amide bonds. The van der Waals surface area contributed by atoms with E-state index in [-0.39, 0.29) is 37.4 Å². The first-order chi connectivity index (χ1) is 28.8. The quantitative estimate of drug-likeness (QED) is 0.158. The van der Waals surface area contributed by atoms with Crippen molar-refractivity contribution in [3.63, 3.8) is 0 Å². The molecule has 0 radical (unpaired) electrons. The molecule has 1 aromatic carbocycles.